The van der Waals surface area contributed by atoms with Crippen LogP contribution in [0.25, 0.3) is 6.08 Å². The van der Waals surface area contributed by atoms with Crippen LogP contribution in [-0.2, 0) is 9.53 Å². The van der Waals surface area contributed by atoms with Crippen LogP contribution in [0.5, 0.6) is 0 Å². The number of amides is 1. The van der Waals surface area contributed by atoms with E-state index in [1.807, 2.05) is 0 Å². The summed E-state index contributed by atoms with van der Waals surface area (Å²) in [5.41, 5.74) is 0.687. The monoisotopic (exact) mass is 306 g/mol. The van der Waals surface area contributed by atoms with E-state index >= 15 is 0 Å². The Bertz CT molecular complexity index is 520. The second-order valence-electron chi connectivity index (χ2n) is 6.01. The van der Waals surface area contributed by atoms with Gasteiger partial charge in [-0.1, -0.05) is 12.1 Å². The van der Waals surface area contributed by atoms with E-state index in [1.54, 1.807) is 18.2 Å². The molecule has 1 amide bonds. The molecule has 0 saturated carbocycles. The average molecular weight is 306 g/mol. The highest BCUT2D eigenvalue weighted by atomic mass is 19.1. The molecule has 4 nitrogen and oxygen atoms in total. The fraction of sp³-hybridized carbons (Fsp3) is 0.471. The lowest BCUT2D eigenvalue weighted by atomic mass is 10.0. The minimum atomic E-state index is -0.283. The zero-order chi connectivity index (χ0) is 16.0. The van der Waals surface area contributed by atoms with Crippen LogP contribution in [0.1, 0.15) is 19.4 Å². The van der Waals surface area contributed by atoms with Gasteiger partial charge in [-0.15, -0.1) is 0 Å². The van der Waals surface area contributed by atoms with E-state index in [9.17, 15) is 9.18 Å². The Morgan fingerprint density at radius 3 is 2.59 bits per heavy atom. The molecule has 1 aromatic carbocycles. The van der Waals surface area contributed by atoms with Gasteiger partial charge in [0, 0.05) is 31.2 Å². The highest BCUT2D eigenvalue weighted by Gasteiger charge is 2.28. The molecule has 0 unspecified atom stereocenters. The standard InChI is InChI=1S/C17H23FN2O2/c1-17(2,20-9-11-22-12-10-20)13-19-16(21)8-5-14-3-6-15(18)7-4-14/h3-8H,9-13H2,1-2H3,(H,19,21)/b8-5+. The van der Waals surface area contributed by atoms with Crippen molar-refractivity contribution in [3.05, 3.63) is 41.7 Å². The van der Waals surface area contributed by atoms with Crippen LogP contribution < -0.4 is 5.32 Å². The first kappa shape index (κ1) is 16.6. The zero-order valence-electron chi connectivity index (χ0n) is 13.1. The Kier molecular flexibility index (Phi) is 5.69. The third-order valence-corrected chi connectivity index (χ3v) is 3.86. The lowest BCUT2D eigenvalue weighted by Gasteiger charge is -2.40. The molecule has 1 heterocycles. The summed E-state index contributed by atoms with van der Waals surface area (Å²) >= 11 is 0. The Balaban J connectivity index is 1.82. The zero-order valence-corrected chi connectivity index (χ0v) is 13.1. The van der Waals surface area contributed by atoms with Gasteiger partial charge >= 0.3 is 0 Å². The molecule has 120 valence electrons. The van der Waals surface area contributed by atoms with E-state index in [0.717, 1.165) is 31.9 Å². The topological polar surface area (TPSA) is 41.6 Å². The fourth-order valence-corrected chi connectivity index (χ4v) is 2.39. The summed E-state index contributed by atoms with van der Waals surface area (Å²) in [7, 11) is 0. The van der Waals surface area contributed by atoms with Crippen molar-refractivity contribution in [3.63, 3.8) is 0 Å². The smallest absolute Gasteiger partial charge is 0.244 e. The van der Waals surface area contributed by atoms with E-state index < -0.39 is 0 Å². The maximum atomic E-state index is 12.8. The number of nitrogens with one attached hydrogen (secondary N) is 1. The maximum absolute atomic E-state index is 12.8. The molecule has 0 aromatic heterocycles. The molecule has 22 heavy (non-hydrogen) atoms. The lowest BCUT2D eigenvalue weighted by Crippen LogP contribution is -2.55. The number of carbonyl (C=O) groups excluding carboxylic acids is 1. The number of halogens is 1. The lowest BCUT2D eigenvalue weighted by molar-refractivity contribution is -0.117. The van der Waals surface area contributed by atoms with Gasteiger partial charge in [0.05, 0.1) is 13.2 Å². The van der Waals surface area contributed by atoms with Gasteiger partial charge in [0.1, 0.15) is 5.82 Å². The van der Waals surface area contributed by atoms with E-state index in [-0.39, 0.29) is 17.3 Å². The van der Waals surface area contributed by atoms with Crippen LogP contribution in [-0.4, -0.2) is 49.2 Å². The molecule has 0 radical (unpaired) electrons. The second-order valence-corrected chi connectivity index (χ2v) is 6.01. The molecule has 0 bridgehead atoms. The molecular formula is C17H23FN2O2. The molecule has 1 aliphatic heterocycles. The predicted molar refractivity (Wildman–Crippen MR) is 84.9 cm³/mol. The molecule has 1 saturated heterocycles. The number of nitrogens with zero attached hydrogens (tertiary/aromatic N) is 1. The van der Waals surface area contributed by atoms with Crippen LogP contribution in [0.3, 0.4) is 0 Å². The SMILES string of the molecule is CC(C)(CNC(=O)/C=C/c1ccc(F)cc1)N1CCOCC1. The molecular weight excluding hydrogens is 283 g/mol. The summed E-state index contributed by atoms with van der Waals surface area (Å²) < 4.78 is 18.1. The van der Waals surface area contributed by atoms with Crippen LogP contribution >= 0.6 is 0 Å². The highest BCUT2D eigenvalue weighted by Crippen LogP contribution is 2.15. The summed E-state index contributed by atoms with van der Waals surface area (Å²) in [5.74, 6) is -0.431. The Morgan fingerprint density at radius 1 is 1.32 bits per heavy atom. The third kappa shape index (κ3) is 4.93. The quantitative estimate of drug-likeness (QED) is 0.847. The first-order valence-electron chi connectivity index (χ1n) is 7.52. The number of benzene rings is 1. The van der Waals surface area contributed by atoms with E-state index in [1.165, 1.54) is 18.2 Å². The van der Waals surface area contributed by atoms with Crippen LogP contribution in [0, 0.1) is 5.82 Å². The maximum Gasteiger partial charge on any atom is 0.244 e. The Morgan fingerprint density at radius 2 is 1.95 bits per heavy atom. The van der Waals surface area contributed by atoms with Crippen molar-refractivity contribution < 1.29 is 13.9 Å². The summed E-state index contributed by atoms with van der Waals surface area (Å²) in [6.45, 7) is 8.04. The first-order chi connectivity index (χ1) is 10.5. The molecule has 1 fully saturated rings. The van der Waals surface area contributed by atoms with Crippen molar-refractivity contribution in [2.45, 2.75) is 19.4 Å². The summed E-state index contributed by atoms with van der Waals surface area (Å²) in [6, 6.07) is 6.02. The Hall–Kier alpha value is -1.72. The number of carbonyl (C=O) groups is 1. The molecule has 1 aromatic rings. The van der Waals surface area contributed by atoms with Crippen molar-refractivity contribution >= 4 is 12.0 Å². The molecule has 2 rings (SSSR count). The van der Waals surface area contributed by atoms with Gasteiger partial charge in [0.2, 0.25) is 5.91 Å². The van der Waals surface area contributed by atoms with Gasteiger partial charge in [0.15, 0.2) is 0 Å². The van der Waals surface area contributed by atoms with Crippen molar-refractivity contribution in [1.29, 1.82) is 0 Å². The van der Waals surface area contributed by atoms with Gasteiger partial charge in [-0.2, -0.15) is 0 Å². The second kappa shape index (κ2) is 7.51. The Labute approximate surface area is 131 Å². The van der Waals surface area contributed by atoms with Crippen LogP contribution in [0.15, 0.2) is 30.3 Å². The minimum absolute atomic E-state index is 0.108. The number of morpholine rings is 1. The summed E-state index contributed by atoms with van der Waals surface area (Å²) in [4.78, 5) is 14.2. The number of ether oxygens (including phenoxy) is 1. The third-order valence-electron chi connectivity index (χ3n) is 3.86. The predicted octanol–water partition coefficient (Wildman–Crippen LogP) is 2.07. The van der Waals surface area contributed by atoms with Crippen LogP contribution in [0.4, 0.5) is 4.39 Å². The van der Waals surface area contributed by atoms with Crippen molar-refractivity contribution in [2.24, 2.45) is 0 Å². The number of hydrogen-bond donors (Lipinski definition) is 1. The van der Waals surface area contributed by atoms with E-state index in [4.69, 9.17) is 4.74 Å². The van der Waals surface area contributed by atoms with Gasteiger partial charge in [-0.3, -0.25) is 9.69 Å². The molecule has 0 atom stereocenters. The minimum Gasteiger partial charge on any atom is -0.379 e. The van der Waals surface area contributed by atoms with Gasteiger partial charge in [-0.25, -0.2) is 4.39 Å². The van der Waals surface area contributed by atoms with Gasteiger partial charge in [-0.05, 0) is 37.6 Å². The van der Waals surface area contributed by atoms with Crippen LogP contribution in [0.2, 0.25) is 0 Å². The van der Waals surface area contributed by atoms with E-state index in [2.05, 4.69) is 24.1 Å². The highest BCUT2D eigenvalue weighted by molar-refractivity contribution is 5.91. The largest absolute Gasteiger partial charge is 0.379 e. The van der Waals surface area contributed by atoms with Crippen molar-refractivity contribution in [2.75, 3.05) is 32.8 Å². The molecule has 1 aliphatic rings. The van der Waals surface area contributed by atoms with Crippen molar-refractivity contribution in [3.8, 4) is 0 Å². The normalized spacial score (nSPS) is 16.9. The molecule has 0 spiro atoms. The average Bonchev–Trinajstić information content (AvgIpc) is 2.53. The summed E-state index contributed by atoms with van der Waals surface area (Å²) in [6.07, 6.45) is 3.15. The first-order valence-corrected chi connectivity index (χ1v) is 7.52. The molecule has 0 aliphatic carbocycles. The van der Waals surface area contributed by atoms with Gasteiger partial charge in [0.25, 0.3) is 0 Å². The number of rotatable bonds is 5. The van der Waals surface area contributed by atoms with Gasteiger partial charge < -0.3 is 10.1 Å². The fourth-order valence-electron chi connectivity index (χ4n) is 2.39. The molecule has 1 N–H and O–H groups in total. The van der Waals surface area contributed by atoms with E-state index in [0.29, 0.717) is 6.54 Å². The number of hydrogen-bond acceptors (Lipinski definition) is 3. The van der Waals surface area contributed by atoms with Crippen molar-refractivity contribution in [1.82, 2.24) is 10.2 Å². The summed E-state index contributed by atoms with van der Waals surface area (Å²) in [5, 5.41) is 2.92. The molecule has 5 heteroatoms.